The molecule has 0 aromatic heterocycles. The molecule has 0 unspecified atom stereocenters. The summed E-state index contributed by atoms with van der Waals surface area (Å²) in [6.07, 6.45) is 0.564. The summed E-state index contributed by atoms with van der Waals surface area (Å²) in [6, 6.07) is 0. The second-order valence-corrected chi connectivity index (χ2v) is 7.68. The Morgan fingerprint density at radius 2 is 1.40 bits per heavy atom. The largest absolute Gasteiger partial charge is 0.464 e. The number of esters is 2. The van der Waals surface area contributed by atoms with Gasteiger partial charge in [-0.15, -0.1) is 0 Å². The molecule has 10 heteroatoms. The molecule has 0 atom stereocenters. The van der Waals surface area contributed by atoms with Gasteiger partial charge in [0.15, 0.2) is 0 Å². The molecule has 0 aliphatic carbocycles. The molecule has 0 saturated carbocycles. The summed E-state index contributed by atoms with van der Waals surface area (Å²) in [5.41, 5.74) is -0.531. The molecular weight excluding hydrogens is 398 g/mol. The minimum absolute atomic E-state index is 0.101. The highest BCUT2D eigenvalue weighted by Gasteiger charge is 2.28. The van der Waals surface area contributed by atoms with E-state index in [1.807, 2.05) is 20.8 Å². The highest BCUT2D eigenvalue weighted by Crippen LogP contribution is 2.17. The number of amides is 1. The average molecular weight is 433 g/mol. The van der Waals surface area contributed by atoms with Crippen LogP contribution < -0.4 is 0 Å². The van der Waals surface area contributed by atoms with Crippen LogP contribution >= 0.6 is 0 Å². The van der Waals surface area contributed by atoms with E-state index in [2.05, 4.69) is 0 Å². The monoisotopic (exact) mass is 433 g/mol. The number of rotatable bonds is 12. The molecule has 1 heterocycles. The molecule has 10 nitrogen and oxygen atoms in total. The van der Waals surface area contributed by atoms with Crippen LogP contribution in [0.3, 0.4) is 0 Å². The van der Waals surface area contributed by atoms with Crippen molar-refractivity contribution < 1.29 is 42.8 Å². The van der Waals surface area contributed by atoms with E-state index in [4.69, 9.17) is 28.4 Å². The van der Waals surface area contributed by atoms with Crippen LogP contribution in [0, 0.1) is 0 Å². The van der Waals surface area contributed by atoms with Crippen LogP contribution in [0.5, 0.6) is 0 Å². The molecule has 0 N–H and O–H groups in total. The third-order valence-corrected chi connectivity index (χ3v) is 3.88. The number of hydrogen-bond donors (Lipinski definition) is 0. The van der Waals surface area contributed by atoms with E-state index >= 15 is 0 Å². The molecule has 0 radical (unpaired) electrons. The van der Waals surface area contributed by atoms with E-state index in [0.29, 0.717) is 45.8 Å². The van der Waals surface area contributed by atoms with Gasteiger partial charge in [0.1, 0.15) is 24.9 Å². The zero-order chi connectivity index (χ0) is 22.4. The molecule has 0 bridgehead atoms. The molecule has 30 heavy (non-hydrogen) atoms. The van der Waals surface area contributed by atoms with Crippen molar-refractivity contribution in [2.45, 2.75) is 52.2 Å². The Morgan fingerprint density at radius 1 is 0.867 bits per heavy atom. The molecule has 0 aromatic rings. The fourth-order valence-electron chi connectivity index (χ4n) is 2.55. The fraction of sp³-hybridized carbons (Fsp3) is 0.850. The summed E-state index contributed by atoms with van der Waals surface area (Å²) in [7, 11) is 0. The summed E-state index contributed by atoms with van der Waals surface area (Å²) < 4.78 is 31.0. The maximum atomic E-state index is 12.0. The first-order valence-corrected chi connectivity index (χ1v) is 10.3. The first-order chi connectivity index (χ1) is 14.2. The van der Waals surface area contributed by atoms with Crippen LogP contribution in [0.25, 0.3) is 0 Å². The summed E-state index contributed by atoms with van der Waals surface area (Å²) in [5.74, 6) is -0.849. The lowest BCUT2D eigenvalue weighted by molar-refractivity contribution is -0.156. The van der Waals surface area contributed by atoms with Crippen molar-refractivity contribution in [1.82, 2.24) is 4.90 Å². The van der Waals surface area contributed by atoms with Crippen LogP contribution in [0.2, 0.25) is 0 Å². The smallest absolute Gasteiger partial charge is 0.410 e. The quantitative estimate of drug-likeness (QED) is 0.257. The molecule has 0 spiro atoms. The minimum Gasteiger partial charge on any atom is -0.464 e. The van der Waals surface area contributed by atoms with Crippen molar-refractivity contribution in [2.24, 2.45) is 0 Å². The van der Waals surface area contributed by atoms with Crippen molar-refractivity contribution in [2.75, 3.05) is 59.3 Å². The Balaban J connectivity index is 2.00. The molecule has 1 aliphatic rings. The predicted octanol–water partition coefficient (Wildman–Crippen LogP) is 1.54. The van der Waals surface area contributed by atoms with E-state index in [9.17, 15) is 14.4 Å². The zero-order valence-electron chi connectivity index (χ0n) is 18.5. The van der Waals surface area contributed by atoms with Crippen molar-refractivity contribution >= 4 is 18.0 Å². The molecule has 1 rings (SSSR count). The second kappa shape index (κ2) is 14.2. The van der Waals surface area contributed by atoms with Crippen LogP contribution in [0.1, 0.15) is 40.5 Å². The number of piperidine rings is 1. The van der Waals surface area contributed by atoms with Crippen LogP contribution in [-0.4, -0.2) is 94.0 Å². The van der Waals surface area contributed by atoms with E-state index in [1.165, 1.54) is 0 Å². The Kier molecular flexibility index (Phi) is 12.3. The molecule has 174 valence electrons. The zero-order valence-corrected chi connectivity index (χ0v) is 18.5. The summed E-state index contributed by atoms with van der Waals surface area (Å²) in [5, 5.41) is 0. The molecule has 1 aliphatic heterocycles. The number of carbonyl (C=O) groups excluding carboxylic acids is 3. The van der Waals surface area contributed by atoms with Gasteiger partial charge < -0.3 is 33.3 Å². The first-order valence-electron chi connectivity index (χ1n) is 10.3. The van der Waals surface area contributed by atoms with E-state index < -0.39 is 17.5 Å². The Labute approximate surface area is 178 Å². The number of likely N-dealkylation sites (tertiary alicyclic amines) is 1. The Morgan fingerprint density at radius 3 is 1.93 bits per heavy atom. The van der Waals surface area contributed by atoms with Crippen molar-refractivity contribution in [1.29, 1.82) is 0 Å². The van der Waals surface area contributed by atoms with Crippen LogP contribution in [0.4, 0.5) is 4.79 Å². The number of nitrogens with zero attached hydrogens (tertiary/aromatic N) is 1. The SMILES string of the molecule is CCOC(=O)COCCOCCOCC(=O)OC1CCN(C(=O)OC(C)(C)C)CC1. The first kappa shape index (κ1) is 26.1. The average Bonchev–Trinajstić information content (AvgIpc) is 2.66. The molecule has 1 fully saturated rings. The van der Waals surface area contributed by atoms with Gasteiger partial charge in [-0.1, -0.05) is 0 Å². The maximum Gasteiger partial charge on any atom is 0.410 e. The van der Waals surface area contributed by atoms with E-state index in [-0.39, 0.29) is 38.6 Å². The lowest BCUT2D eigenvalue weighted by Gasteiger charge is -2.33. The minimum atomic E-state index is -0.531. The highest BCUT2D eigenvalue weighted by atomic mass is 16.6. The standard InChI is InChI=1S/C20H35NO9/c1-5-28-17(22)14-26-12-10-25-11-13-27-15-18(23)29-16-6-8-21(9-7-16)19(24)30-20(2,3)4/h16H,5-15H2,1-4H3. The van der Waals surface area contributed by atoms with Crippen LogP contribution in [-0.2, 0) is 38.0 Å². The highest BCUT2D eigenvalue weighted by molar-refractivity contribution is 5.71. The lowest BCUT2D eigenvalue weighted by atomic mass is 10.1. The molecular formula is C20H35NO9. The van der Waals surface area contributed by atoms with Crippen molar-refractivity contribution in [3.63, 3.8) is 0 Å². The predicted molar refractivity (Wildman–Crippen MR) is 106 cm³/mol. The lowest BCUT2D eigenvalue weighted by Crippen LogP contribution is -2.44. The summed E-state index contributed by atoms with van der Waals surface area (Å²) >= 11 is 0. The van der Waals surface area contributed by atoms with Gasteiger partial charge in [-0.25, -0.2) is 14.4 Å². The van der Waals surface area contributed by atoms with Gasteiger partial charge in [0.25, 0.3) is 0 Å². The van der Waals surface area contributed by atoms with Crippen molar-refractivity contribution in [3.8, 4) is 0 Å². The van der Waals surface area contributed by atoms with Gasteiger partial charge in [-0.3, -0.25) is 0 Å². The number of ether oxygens (including phenoxy) is 6. The summed E-state index contributed by atoms with van der Waals surface area (Å²) in [6.45, 7) is 9.35. The van der Waals surface area contributed by atoms with Gasteiger partial charge in [0, 0.05) is 25.9 Å². The normalized spacial score (nSPS) is 15.0. The fourth-order valence-corrected chi connectivity index (χ4v) is 2.55. The van der Waals surface area contributed by atoms with Crippen molar-refractivity contribution in [3.05, 3.63) is 0 Å². The number of hydrogen-bond acceptors (Lipinski definition) is 9. The van der Waals surface area contributed by atoms with Gasteiger partial charge in [-0.05, 0) is 27.7 Å². The molecule has 1 saturated heterocycles. The second-order valence-electron chi connectivity index (χ2n) is 7.68. The molecule has 1 amide bonds. The van der Waals surface area contributed by atoms with Gasteiger partial charge in [0.05, 0.1) is 33.0 Å². The number of carbonyl (C=O) groups is 3. The Bertz CT molecular complexity index is 525. The van der Waals surface area contributed by atoms with E-state index in [1.54, 1.807) is 11.8 Å². The van der Waals surface area contributed by atoms with Crippen LogP contribution in [0.15, 0.2) is 0 Å². The summed E-state index contributed by atoms with van der Waals surface area (Å²) in [4.78, 5) is 36.5. The van der Waals surface area contributed by atoms with Gasteiger partial charge >= 0.3 is 18.0 Å². The third-order valence-electron chi connectivity index (χ3n) is 3.88. The third kappa shape index (κ3) is 12.6. The topological polar surface area (TPSA) is 110 Å². The maximum absolute atomic E-state index is 12.0. The Hall–Kier alpha value is -1.91. The molecule has 0 aromatic carbocycles. The van der Waals surface area contributed by atoms with Gasteiger partial charge in [-0.2, -0.15) is 0 Å². The van der Waals surface area contributed by atoms with E-state index in [0.717, 1.165) is 0 Å². The van der Waals surface area contributed by atoms with Gasteiger partial charge in [0.2, 0.25) is 0 Å².